The van der Waals surface area contributed by atoms with Crippen molar-refractivity contribution in [2.24, 2.45) is 7.05 Å². The summed E-state index contributed by atoms with van der Waals surface area (Å²) in [6, 6.07) is 6.73. The van der Waals surface area contributed by atoms with Crippen LogP contribution in [0.5, 0.6) is 0 Å². The van der Waals surface area contributed by atoms with Gasteiger partial charge in [-0.2, -0.15) is 0 Å². The van der Waals surface area contributed by atoms with Crippen LogP contribution in [0.4, 0.5) is 11.6 Å². The van der Waals surface area contributed by atoms with Crippen molar-refractivity contribution >= 4 is 21.5 Å². The first kappa shape index (κ1) is 14.6. The van der Waals surface area contributed by atoms with Crippen molar-refractivity contribution in [1.29, 1.82) is 0 Å². The fourth-order valence-corrected chi connectivity index (χ4v) is 3.31. The Hall–Kier alpha value is -2.82. The lowest BCUT2D eigenvalue weighted by Gasteiger charge is -2.01. The zero-order valence-corrected chi connectivity index (χ0v) is 11.3. The van der Waals surface area contributed by atoms with Crippen molar-refractivity contribution in [2.75, 3.05) is 0 Å². The third-order valence-electron chi connectivity index (χ3n) is 2.63. The first-order chi connectivity index (χ1) is 9.76. The molecular formula is C10H8N4O6S. The predicted molar refractivity (Wildman–Crippen MR) is 68.4 cm³/mol. The minimum Gasteiger partial charge on any atom is -0.358 e. The maximum Gasteiger partial charge on any atom is 0.439 e. The number of hydrogen-bond donors (Lipinski definition) is 0. The zero-order valence-electron chi connectivity index (χ0n) is 10.5. The molecule has 0 aliphatic carbocycles. The van der Waals surface area contributed by atoms with Gasteiger partial charge in [0.05, 0.1) is 4.90 Å². The molecule has 1 aromatic heterocycles. The van der Waals surface area contributed by atoms with E-state index in [1.807, 2.05) is 0 Å². The number of nitro groups is 2. The topological polar surface area (TPSA) is 138 Å². The van der Waals surface area contributed by atoms with Crippen LogP contribution in [0.3, 0.4) is 0 Å². The summed E-state index contributed by atoms with van der Waals surface area (Å²) in [5, 5.41) is 25.3. The van der Waals surface area contributed by atoms with Crippen LogP contribution < -0.4 is 0 Å². The third kappa shape index (κ3) is 2.33. The molecule has 0 amide bonds. The van der Waals surface area contributed by atoms with Crippen LogP contribution >= 0.6 is 0 Å². The molecule has 0 spiro atoms. The molecule has 0 aliphatic rings. The fourth-order valence-electron chi connectivity index (χ4n) is 1.76. The highest BCUT2D eigenvalue weighted by molar-refractivity contribution is 7.91. The smallest absolute Gasteiger partial charge is 0.358 e. The molecule has 0 radical (unpaired) electrons. The summed E-state index contributed by atoms with van der Waals surface area (Å²) in [6.45, 7) is 0. The Balaban J connectivity index is 2.85. The third-order valence-corrected chi connectivity index (χ3v) is 4.42. The molecule has 0 bridgehead atoms. The lowest BCUT2D eigenvalue weighted by Crippen LogP contribution is -2.07. The first-order valence-corrected chi connectivity index (χ1v) is 6.91. The van der Waals surface area contributed by atoms with E-state index in [-0.39, 0.29) is 4.90 Å². The van der Waals surface area contributed by atoms with Crippen LogP contribution in [0.15, 0.2) is 40.1 Å². The van der Waals surface area contributed by atoms with Gasteiger partial charge in [-0.25, -0.2) is 8.42 Å². The molecule has 2 aromatic rings. The highest BCUT2D eigenvalue weighted by Gasteiger charge is 2.44. The Bertz CT molecular complexity index is 827. The van der Waals surface area contributed by atoms with Gasteiger partial charge in [-0.15, -0.1) is 0 Å². The van der Waals surface area contributed by atoms with E-state index in [9.17, 15) is 28.6 Å². The molecule has 0 unspecified atom stereocenters. The molecule has 0 N–H and O–H groups in total. The van der Waals surface area contributed by atoms with Gasteiger partial charge in [-0.05, 0) is 26.7 Å². The van der Waals surface area contributed by atoms with Crippen LogP contribution in [0, 0.1) is 20.2 Å². The Kier molecular flexibility index (Phi) is 3.43. The Morgan fingerprint density at radius 1 is 1.10 bits per heavy atom. The Labute approximate surface area is 117 Å². The molecule has 10 nitrogen and oxygen atoms in total. The molecule has 110 valence electrons. The summed E-state index contributed by atoms with van der Waals surface area (Å²) in [6.07, 6.45) is 0. The summed E-state index contributed by atoms with van der Waals surface area (Å²) < 4.78 is 25.4. The standard InChI is InChI=1S/C10H8N4O6S/c1-12-10(14(17)18)8(9(11-12)13(15)16)21(19,20)7-5-3-2-4-6-7/h2-6H,1H3. The summed E-state index contributed by atoms with van der Waals surface area (Å²) >= 11 is 0. The van der Waals surface area contributed by atoms with Gasteiger partial charge in [0, 0.05) is 0 Å². The lowest BCUT2D eigenvalue weighted by molar-refractivity contribution is -0.400. The number of aryl methyl sites for hydroxylation is 1. The quantitative estimate of drug-likeness (QED) is 0.607. The number of aromatic nitrogens is 2. The molecule has 2 rings (SSSR count). The first-order valence-electron chi connectivity index (χ1n) is 5.42. The van der Waals surface area contributed by atoms with Crippen molar-refractivity contribution < 1.29 is 18.3 Å². The SMILES string of the molecule is Cn1nc([N+](=O)[O-])c(S(=O)(=O)c2ccccc2)c1[N+](=O)[O-]. The second-order valence-corrected chi connectivity index (χ2v) is 5.82. The number of sulfone groups is 1. The average Bonchev–Trinajstić information content (AvgIpc) is 2.78. The molecule has 21 heavy (non-hydrogen) atoms. The average molecular weight is 312 g/mol. The van der Waals surface area contributed by atoms with E-state index in [1.165, 1.54) is 24.3 Å². The van der Waals surface area contributed by atoms with Crippen molar-refractivity contribution in [1.82, 2.24) is 9.78 Å². The fraction of sp³-hybridized carbons (Fsp3) is 0.100. The van der Waals surface area contributed by atoms with Gasteiger partial charge in [0.25, 0.3) is 4.90 Å². The van der Waals surface area contributed by atoms with Gasteiger partial charge in [-0.1, -0.05) is 18.2 Å². The van der Waals surface area contributed by atoms with Crippen molar-refractivity contribution in [3.8, 4) is 0 Å². The molecule has 1 aromatic carbocycles. The van der Waals surface area contributed by atoms with Crippen molar-refractivity contribution in [3.05, 3.63) is 50.6 Å². The van der Waals surface area contributed by atoms with E-state index in [4.69, 9.17) is 0 Å². The Morgan fingerprint density at radius 3 is 2.14 bits per heavy atom. The van der Waals surface area contributed by atoms with Crippen LogP contribution in [-0.2, 0) is 16.9 Å². The van der Waals surface area contributed by atoms with Crippen LogP contribution in [0.25, 0.3) is 0 Å². The summed E-state index contributed by atoms with van der Waals surface area (Å²) in [7, 11) is -3.37. The maximum absolute atomic E-state index is 12.4. The molecule has 0 saturated carbocycles. The normalized spacial score (nSPS) is 11.3. The summed E-state index contributed by atoms with van der Waals surface area (Å²) in [4.78, 5) is 18.6. The van der Waals surface area contributed by atoms with Crippen molar-refractivity contribution in [3.63, 3.8) is 0 Å². The van der Waals surface area contributed by atoms with Crippen LogP contribution in [-0.4, -0.2) is 28.0 Å². The van der Waals surface area contributed by atoms with E-state index < -0.39 is 36.2 Å². The maximum atomic E-state index is 12.4. The second-order valence-electron chi connectivity index (χ2n) is 3.93. The predicted octanol–water partition coefficient (Wildman–Crippen LogP) is 1.07. The highest BCUT2D eigenvalue weighted by atomic mass is 32.2. The van der Waals surface area contributed by atoms with Gasteiger partial charge >= 0.3 is 11.6 Å². The monoisotopic (exact) mass is 312 g/mol. The van der Waals surface area contributed by atoms with E-state index in [2.05, 4.69) is 5.10 Å². The largest absolute Gasteiger partial charge is 0.439 e. The molecular weight excluding hydrogens is 304 g/mol. The minimum atomic E-state index is -4.44. The number of benzene rings is 1. The minimum absolute atomic E-state index is 0.288. The van der Waals surface area contributed by atoms with Gasteiger partial charge in [-0.3, -0.25) is 0 Å². The summed E-state index contributed by atoms with van der Waals surface area (Å²) in [5.74, 6) is -2.03. The second kappa shape index (κ2) is 4.94. The lowest BCUT2D eigenvalue weighted by atomic mass is 10.4. The number of nitrogens with zero attached hydrogens (tertiary/aromatic N) is 4. The zero-order chi connectivity index (χ0) is 15.8. The molecule has 0 fully saturated rings. The van der Waals surface area contributed by atoms with Gasteiger partial charge in [0.1, 0.15) is 12.1 Å². The van der Waals surface area contributed by atoms with Gasteiger partial charge in [0.15, 0.2) is 0 Å². The molecule has 11 heteroatoms. The number of hydrogen-bond acceptors (Lipinski definition) is 7. The summed E-state index contributed by atoms with van der Waals surface area (Å²) in [5.41, 5.74) is 0. The van der Waals surface area contributed by atoms with Crippen LogP contribution in [0.2, 0.25) is 0 Å². The van der Waals surface area contributed by atoms with Crippen molar-refractivity contribution in [2.45, 2.75) is 9.79 Å². The van der Waals surface area contributed by atoms with E-state index in [0.717, 1.165) is 7.05 Å². The van der Waals surface area contributed by atoms with Gasteiger partial charge in [0.2, 0.25) is 9.84 Å². The molecule has 0 saturated heterocycles. The van der Waals surface area contributed by atoms with E-state index >= 15 is 0 Å². The molecule has 0 atom stereocenters. The van der Waals surface area contributed by atoms with E-state index in [1.54, 1.807) is 6.07 Å². The highest BCUT2D eigenvalue weighted by Crippen LogP contribution is 2.35. The van der Waals surface area contributed by atoms with Crippen LogP contribution in [0.1, 0.15) is 0 Å². The number of rotatable bonds is 4. The molecule has 0 aliphatic heterocycles. The Morgan fingerprint density at radius 2 is 1.67 bits per heavy atom. The van der Waals surface area contributed by atoms with Gasteiger partial charge < -0.3 is 20.2 Å². The van der Waals surface area contributed by atoms with E-state index in [0.29, 0.717) is 4.68 Å². The molecule has 1 heterocycles.